The average molecular weight is 331 g/mol. The Morgan fingerprint density at radius 2 is 1.78 bits per heavy atom. The van der Waals surface area contributed by atoms with E-state index in [2.05, 4.69) is 5.32 Å². The molecule has 0 atom stereocenters. The Morgan fingerprint density at radius 1 is 1.09 bits per heavy atom. The summed E-state index contributed by atoms with van der Waals surface area (Å²) >= 11 is 1.36. The number of rotatable bonds is 6. The summed E-state index contributed by atoms with van der Waals surface area (Å²) in [5.74, 6) is -0.330. The predicted octanol–water partition coefficient (Wildman–Crippen LogP) is 2.20. The van der Waals surface area contributed by atoms with Crippen molar-refractivity contribution in [2.24, 2.45) is 0 Å². The molecule has 0 radical (unpaired) electrons. The molecule has 5 nitrogen and oxygen atoms in total. The van der Waals surface area contributed by atoms with Crippen LogP contribution in [0.4, 0.5) is 5.69 Å². The fourth-order valence-corrected chi connectivity index (χ4v) is 2.69. The van der Waals surface area contributed by atoms with E-state index in [0.29, 0.717) is 11.4 Å². The molecule has 0 saturated carbocycles. The molecular weight excluding hydrogens is 310 g/mol. The highest BCUT2D eigenvalue weighted by Gasteiger charge is 2.12. The fraction of sp³-hybridized carbons (Fsp3) is 0.294. The Hall–Kier alpha value is -2.34. The number of amides is 2. The number of likely N-dealkylation sites (N-methyl/N-ethyl adjacent to an activating group) is 1. The molecule has 6 heteroatoms. The molecule has 1 aromatic heterocycles. The van der Waals surface area contributed by atoms with E-state index in [4.69, 9.17) is 0 Å². The van der Waals surface area contributed by atoms with Crippen molar-refractivity contribution < 1.29 is 9.59 Å². The van der Waals surface area contributed by atoms with E-state index in [1.54, 1.807) is 18.0 Å². The lowest BCUT2D eigenvalue weighted by atomic mass is 10.2. The molecule has 23 heavy (non-hydrogen) atoms. The minimum absolute atomic E-state index is 0.00299. The zero-order valence-electron chi connectivity index (χ0n) is 13.6. The third-order valence-electron chi connectivity index (χ3n) is 3.44. The van der Waals surface area contributed by atoms with E-state index < -0.39 is 0 Å². The summed E-state index contributed by atoms with van der Waals surface area (Å²) in [6, 6.07) is 11.6. The van der Waals surface area contributed by atoms with E-state index in [0.717, 1.165) is 11.3 Å². The van der Waals surface area contributed by atoms with Crippen molar-refractivity contribution in [1.29, 1.82) is 0 Å². The van der Waals surface area contributed by atoms with Crippen molar-refractivity contribution in [3.63, 3.8) is 0 Å². The van der Waals surface area contributed by atoms with Gasteiger partial charge in [-0.2, -0.15) is 0 Å². The van der Waals surface area contributed by atoms with E-state index >= 15 is 0 Å². The summed E-state index contributed by atoms with van der Waals surface area (Å²) in [5.41, 5.74) is 2.17. The third kappa shape index (κ3) is 4.82. The molecule has 1 heterocycles. The predicted molar refractivity (Wildman–Crippen MR) is 93.9 cm³/mol. The molecule has 0 saturated heterocycles. The van der Waals surface area contributed by atoms with Gasteiger partial charge in [0, 0.05) is 33.4 Å². The first-order valence-electron chi connectivity index (χ1n) is 7.29. The minimum Gasteiger partial charge on any atom is -0.378 e. The fourth-order valence-electron chi connectivity index (χ4n) is 2.05. The number of carbonyl (C=O) groups is 2. The molecule has 0 spiro atoms. The van der Waals surface area contributed by atoms with Crippen LogP contribution in [0.3, 0.4) is 0 Å². The van der Waals surface area contributed by atoms with Gasteiger partial charge in [-0.1, -0.05) is 18.2 Å². The Bertz CT molecular complexity index is 651. The molecule has 0 bridgehead atoms. The van der Waals surface area contributed by atoms with Gasteiger partial charge in [-0.05, 0) is 29.1 Å². The Labute approximate surface area is 140 Å². The van der Waals surface area contributed by atoms with Gasteiger partial charge in [0.05, 0.1) is 11.4 Å². The van der Waals surface area contributed by atoms with Gasteiger partial charge in [-0.25, -0.2) is 0 Å². The van der Waals surface area contributed by atoms with Gasteiger partial charge < -0.3 is 15.1 Å². The second-order valence-corrected chi connectivity index (χ2v) is 6.42. The number of hydrogen-bond donors (Lipinski definition) is 1. The molecular formula is C17H21N3O2S. The summed E-state index contributed by atoms with van der Waals surface area (Å²) in [4.78, 5) is 28.2. The van der Waals surface area contributed by atoms with Crippen LogP contribution in [0.15, 0.2) is 41.8 Å². The molecule has 0 fully saturated rings. The highest BCUT2D eigenvalue weighted by Crippen LogP contribution is 2.13. The smallest absolute Gasteiger partial charge is 0.261 e. The second kappa shape index (κ2) is 7.78. The van der Waals surface area contributed by atoms with Crippen molar-refractivity contribution in [3.8, 4) is 0 Å². The van der Waals surface area contributed by atoms with Crippen molar-refractivity contribution in [3.05, 3.63) is 52.2 Å². The van der Waals surface area contributed by atoms with E-state index in [-0.39, 0.29) is 18.4 Å². The Kier molecular flexibility index (Phi) is 5.76. The molecule has 2 rings (SSSR count). The zero-order chi connectivity index (χ0) is 16.8. The minimum atomic E-state index is -0.211. The lowest BCUT2D eigenvalue weighted by Crippen LogP contribution is -2.37. The molecule has 1 aromatic carbocycles. The van der Waals surface area contributed by atoms with Gasteiger partial charge in [-0.3, -0.25) is 9.59 Å². The van der Waals surface area contributed by atoms with E-state index in [1.807, 2.05) is 54.7 Å². The van der Waals surface area contributed by atoms with Crippen LogP contribution in [0.25, 0.3) is 0 Å². The number of anilines is 1. The summed E-state index contributed by atoms with van der Waals surface area (Å²) < 4.78 is 0. The number of hydrogen-bond acceptors (Lipinski definition) is 4. The summed E-state index contributed by atoms with van der Waals surface area (Å²) in [5, 5.41) is 4.48. The van der Waals surface area contributed by atoms with Crippen LogP contribution in [-0.4, -0.2) is 44.4 Å². The van der Waals surface area contributed by atoms with Crippen molar-refractivity contribution in [2.45, 2.75) is 6.54 Å². The molecule has 0 aliphatic carbocycles. The van der Waals surface area contributed by atoms with Crippen molar-refractivity contribution in [2.75, 3.05) is 32.6 Å². The van der Waals surface area contributed by atoms with E-state index in [9.17, 15) is 9.59 Å². The largest absolute Gasteiger partial charge is 0.378 e. The lowest BCUT2D eigenvalue weighted by Gasteiger charge is -2.18. The van der Waals surface area contributed by atoms with Crippen LogP contribution >= 0.6 is 11.3 Å². The highest BCUT2D eigenvalue weighted by molar-refractivity contribution is 7.12. The van der Waals surface area contributed by atoms with Crippen LogP contribution in [-0.2, 0) is 11.3 Å². The number of nitrogens with one attached hydrogen (secondary N) is 1. The normalized spacial score (nSPS) is 10.2. The maximum Gasteiger partial charge on any atom is 0.261 e. The SMILES string of the molecule is CN(Cc1ccc(N(C)C)cc1)C(=O)CNC(=O)c1cccs1. The second-order valence-electron chi connectivity index (χ2n) is 5.47. The molecule has 0 aliphatic heterocycles. The van der Waals surface area contributed by atoms with Crippen LogP contribution < -0.4 is 10.2 Å². The highest BCUT2D eigenvalue weighted by atomic mass is 32.1. The monoisotopic (exact) mass is 331 g/mol. The number of carbonyl (C=O) groups excluding carboxylic acids is 2. The summed E-state index contributed by atoms with van der Waals surface area (Å²) in [6.45, 7) is 0.518. The first kappa shape index (κ1) is 17.0. The molecule has 0 aliphatic rings. The summed E-state index contributed by atoms with van der Waals surface area (Å²) in [7, 11) is 5.71. The number of thiophene rings is 1. The maximum absolute atomic E-state index is 12.1. The molecule has 2 aromatic rings. The van der Waals surface area contributed by atoms with E-state index in [1.165, 1.54) is 11.3 Å². The van der Waals surface area contributed by atoms with Gasteiger partial charge in [0.15, 0.2) is 0 Å². The molecule has 1 N–H and O–H groups in total. The van der Waals surface area contributed by atoms with Gasteiger partial charge >= 0.3 is 0 Å². The van der Waals surface area contributed by atoms with Crippen LogP contribution in [0.2, 0.25) is 0 Å². The zero-order valence-corrected chi connectivity index (χ0v) is 14.4. The van der Waals surface area contributed by atoms with Crippen LogP contribution in [0, 0.1) is 0 Å². The van der Waals surface area contributed by atoms with Gasteiger partial charge in [0.2, 0.25) is 5.91 Å². The Balaban J connectivity index is 1.83. The third-order valence-corrected chi connectivity index (χ3v) is 4.31. The average Bonchev–Trinajstić information content (AvgIpc) is 3.07. The summed E-state index contributed by atoms with van der Waals surface area (Å²) in [6.07, 6.45) is 0. The Morgan fingerprint density at radius 3 is 2.35 bits per heavy atom. The molecule has 0 unspecified atom stereocenters. The van der Waals surface area contributed by atoms with Crippen LogP contribution in [0.1, 0.15) is 15.2 Å². The first-order valence-corrected chi connectivity index (χ1v) is 8.17. The van der Waals surface area contributed by atoms with Gasteiger partial charge in [0.1, 0.15) is 0 Å². The standard InChI is InChI=1S/C17H21N3O2S/c1-19(2)14-8-6-13(7-9-14)12-20(3)16(21)11-18-17(22)15-5-4-10-23-15/h4-10H,11-12H2,1-3H3,(H,18,22). The quantitative estimate of drug-likeness (QED) is 0.883. The van der Waals surface area contributed by atoms with Crippen molar-refractivity contribution >= 4 is 28.8 Å². The number of nitrogens with zero attached hydrogens (tertiary/aromatic N) is 2. The molecule has 122 valence electrons. The topological polar surface area (TPSA) is 52.6 Å². The number of benzene rings is 1. The van der Waals surface area contributed by atoms with Gasteiger partial charge in [0.25, 0.3) is 5.91 Å². The van der Waals surface area contributed by atoms with Crippen molar-refractivity contribution in [1.82, 2.24) is 10.2 Å². The van der Waals surface area contributed by atoms with Gasteiger partial charge in [-0.15, -0.1) is 11.3 Å². The lowest BCUT2D eigenvalue weighted by molar-refractivity contribution is -0.129. The van der Waals surface area contributed by atoms with Crippen LogP contribution in [0.5, 0.6) is 0 Å². The maximum atomic E-state index is 12.1. The first-order chi connectivity index (χ1) is 11.0. The molecule has 2 amide bonds.